The number of piperidine rings is 1. The van der Waals surface area contributed by atoms with Gasteiger partial charge in [0.2, 0.25) is 5.91 Å². The number of benzene rings is 1. The zero-order valence-electron chi connectivity index (χ0n) is 16.7. The summed E-state index contributed by atoms with van der Waals surface area (Å²) in [6.07, 6.45) is 4.10. The number of aliphatic imine (C=N–C) groups is 1. The van der Waals surface area contributed by atoms with Gasteiger partial charge in [-0.05, 0) is 36.8 Å². The van der Waals surface area contributed by atoms with Gasteiger partial charge in [0.15, 0.2) is 5.96 Å². The Kier molecular flexibility index (Phi) is 12.2. The summed E-state index contributed by atoms with van der Waals surface area (Å²) >= 11 is 7.91. The quantitative estimate of drug-likeness (QED) is 0.282. The predicted octanol–water partition coefficient (Wildman–Crippen LogP) is 2.74. The highest BCUT2D eigenvalue weighted by Gasteiger charge is 2.21. The standard InChI is InChI=1S/C19H30ClN5OS.HI/c1-21-18(26)13-25-9-7-16(8-10-25)24-19(22-2)23-12-17(27-3)14-5-4-6-15(20)11-14;/h4-6,11,16-17H,7-10,12-13H2,1-3H3,(H,21,26)(H2,22,23,24);1H. The number of nitrogens with zero attached hydrogens (tertiary/aromatic N) is 2. The van der Waals surface area contributed by atoms with Crippen molar-refractivity contribution in [2.45, 2.75) is 24.1 Å². The van der Waals surface area contributed by atoms with Crippen molar-refractivity contribution >= 4 is 59.2 Å². The zero-order valence-corrected chi connectivity index (χ0v) is 20.6. The Morgan fingerprint density at radius 1 is 1.39 bits per heavy atom. The predicted molar refractivity (Wildman–Crippen MR) is 131 cm³/mol. The minimum Gasteiger partial charge on any atom is -0.358 e. The minimum absolute atomic E-state index is 0. The fraction of sp³-hybridized carbons (Fsp3) is 0.579. The molecule has 158 valence electrons. The van der Waals surface area contributed by atoms with E-state index in [0.29, 0.717) is 17.8 Å². The van der Waals surface area contributed by atoms with Gasteiger partial charge in [0.05, 0.1) is 6.54 Å². The molecule has 1 atom stereocenters. The third-order valence-corrected chi connectivity index (χ3v) is 6.00. The Balaban J connectivity index is 0.00000392. The zero-order chi connectivity index (χ0) is 19.6. The maximum absolute atomic E-state index is 11.5. The molecule has 1 amide bonds. The van der Waals surface area contributed by atoms with Crippen LogP contribution in [0.1, 0.15) is 23.7 Å². The van der Waals surface area contributed by atoms with E-state index in [1.165, 1.54) is 5.56 Å². The number of halogens is 2. The lowest BCUT2D eigenvalue weighted by molar-refractivity contribution is -0.122. The molecule has 1 unspecified atom stereocenters. The Labute approximate surface area is 194 Å². The lowest BCUT2D eigenvalue weighted by Gasteiger charge is -2.32. The average molecular weight is 540 g/mol. The van der Waals surface area contributed by atoms with Crippen molar-refractivity contribution in [3.05, 3.63) is 34.9 Å². The fourth-order valence-corrected chi connectivity index (χ4v) is 4.01. The van der Waals surface area contributed by atoms with Crippen LogP contribution in [0.5, 0.6) is 0 Å². The molecule has 1 aromatic rings. The molecule has 0 aromatic heterocycles. The van der Waals surface area contributed by atoms with Crippen LogP contribution >= 0.6 is 47.3 Å². The van der Waals surface area contributed by atoms with E-state index in [2.05, 4.69) is 38.2 Å². The molecule has 28 heavy (non-hydrogen) atoms. The Morgan fingerprint density at radius 3 is 2.68 bits per heavy atom. The van der Waals surface area contributed by atoms with E-state index < -0.39 is 0 Å². The molecule has 1 heterocycles. The van der Waals surface area contributed by atoms with Gasteiger partial charge < -0.3 is 16.0 Å². The maximum atomic E-state index is 11.5. The molecule has 0 saturated carbocycles. The van der Waals surface area contributed by atoms with Crippen molar-refractivity contribution in [2.75, 3.05) is 46.5 Å². The molecule has 1 fully saturated rings. The topological polar surface area (TPSA) is 68.8 Å². The normalized spacial score (nSPS) is 16.8. The number of carbonyl (C=O) groups is 1. The number of guanidine groups is 1. The van der Waals surface area contributed by atoms with Gasteiger partial charge in [-0.1, -0.05) is 23.7 Å². The summed E-state index contributed by atoms with van der Waals surface area (Å²) in [7, 11) is 3.47. The summed E-state index contributed by atoms with van der Waals surface area (Å²) in [4.78, 5) is 18.0. The summed E-state index contributed by atoms with van der Waals surface area (Å²) in [6, 6.07) is 8.37. The van der Waals surface area contributed by atoms with E-state index in [-0.39, 0.29) is 29.9 Å². The highest BCUT2D eigenvalue weighted by molar-refractivity contribution is 14.0. The molecular weight excluding hydrogens is 509 g/mol. The molecule has 1 aliphatic heterocycles. The van der Waals surface area contributed by atoms with E-state index in [0.717, 1.165) is 43.5 Å². The van der Waals surface area contributed by atoms with Gasteiger partial charge in [-0.2, -0.15) is 11.8 Å². The molecule has 1 aliphatic rings. The lowest BCUT2D eigenvalue weighted by Crippen LogP contribution is -2.50. The van der Waals surface area contributed by atoms with Crippen molar-refractivity contribution in [1.29, 1.82) is 0 Å². The van der Waals surface area contributed by atoms with Crippen molar-refractivity contribution in [2.24, 2.45) is 4.99 Å². The second kappa shape index (κ2) is 13.5. The van der Waals surface area contributed by atoms with Gasteiger partial charge in [0.1, 0.15) is 0 Å². The van der Waals surface area contributed by atoms with Crippen molar-refractivity contribution in [3.8, 4) is 0 Å². The first-order chi connectivity index (χ1) is 13.0. The third-order valence-electron chi connectivity index (χ3n) is 4.76. The number of likely N-dealkylation sites (tertiary alicyclic amines) is 1. The largest absolute Gasteiger partial charge is 0.358 e. The van der Waals surface area contributed by atoms with E-state index in [9.17, 15) is 4.79 Å². The average Bonchev–Trinajstić information content (AvgIpc) is 2.68. The summed E-state index contributed by atoms with van der Waals surface area (Å²) in [5, 5.41) is 10.7. The summed E-state index contributed by atoms with van der Waals surface area (Å²) in [6.45, 7) is 3.08. The van der Waals surface area contributed by atoms with Gasteiger partial charge in [-0.25, -0.2) is 0 Å². The maximum Gasteiger partial charge on any atom is 0.233 e. The van der Waals surface area contributed by atoms with E-state index in [1.54, 1.807) is 25.9 Å². The Hall–Kier alpha value is -0.710. The van der Waals surface area contributed by atoms with Gasteiger partial charge >= 0.3 is 0 Å². The Bertz CT molecular complexity index is 641. The van der Waals surface area contributed by atoms with E-state index in [4.69, 9.17) is 11.6 Å². The molecule has 0 aliphatic carbocycles. The first kappa shape index (κ1) is 25.3. The third kappa shape index (κ3) is 8.34. The molecule has 1 aromatic carbocycles. The molecule has 1 saturated heterocycles. The molecular formula is C19H31ClIN5OS. The van der Waals surface area contributed by atoms with Crippen LogP contribution in [0.25, 0.3) is 0 Å². The van der Waals surface area contributed by atoms with Crippen LogP contribution < -0.4 is 16.0 Å². The monoisotopic (exact) mass is 539 g/mol. The number of likely N-dealkylation sites (N-methyl/N-ethyl adjacent to an activating group) is 1. The van der Waals surface area contributed by atoms with E-state index in [1.807, 2.05) is 18.2 Å². The first-order valence-electron chi connectivity index (χ1n) is 9.24. The SMILES string of the molecule is CN=C(NCC(SC)c1cccc(Cl)c1)NC1CCN(CC(=O)NC)CC1.I. The summed E-state index contributed by atoms with van der Waals surface area (Å²) in [5.41, 5.74) is 1.21. The number of hydrogen-bond donors (Lipinski definition) is 3. The molecule has 3 N–H and O–H groups in total. The molecule has 6 nitrogen and oxygen atoms in total. The van der Waals surface area contributed by atoms with E-state index >= 15 is 0 Å². The fourth-order valence-electron chi connectivity index (χ4n) is 3.14. The highest BCUT2D eigenvalue weighted by Crippen LogP contribution is 2.27. The second-order valence-electron chi connectivity index (χ2n) is 6.60. The minimum atomic E-state index is 0. The van der Waals surface area contributed by atoms with Crippen LogP contribution in [-0.2, 0) is 4.79 Å². The van der Waals surface area contributed by atoms with Gasteiger partial charge in [-0.15, -0.1) is 24.0 Å². The van der Waals surface area contributed by atoms with Crippen LogP contribution in [0.4, 0.5) is 0 Å². The molecule has 9 heteroatoms. The molecule has 0 radical (unpaired) electrons. The first-order valence-corrected chi connectivity index (χ1v) is 10.9. The number of hydrogen-bond acceptors (Lipinski definition) is 4. The number of carbonyl (C=O) groups excluding carboxylic acids is 1. The van der Waals surface area contributed by atoms with Crippen LogP contribution in [0.3, 0.4) is 0 Å². The lowest BCUT2D eigenvalue weighted by atomic mass is 10.1. The summed E-state index contributed by atoms with van der Waals surface area (Å²) in [5.74, 6) is 0.892. The number of thioether (sulfide) groups is 1. The van der Waals surface area contributed by atoms with Crippen molar-refractivity contribution < 1.29 is 4.79 Å². The molecule has 0 spiro atoms. The van der Waals surface area contributed by atoms with Gasteiger partial charge in [-0.3, -0.25) is 14.7 Å². The number of amides is 1. The molecule has 2 rings (SSSR count). The van der Waals surface area contributed by atoms with Crippen LogP contribution in [0, 0.1) is 0 Å². The van der Waals surface area contributed by atoms with Crippen molar-refractivity contribution in [1.82, 2.24) is 20.9 Å². The van der Waals surface area contributed by atoms with Crippen LogP contribution in [-0.4, -0.2) is 69.3 Å². The second-order valence-corrected chi connectivity index (χ2v) is 8.08. The van der Waals surface area contributed by atoms with Crippen LogP contribution in [0.2, 0.25) is 5.02 Å². The number of rotatable bonds is 7. The van der Waals surface area contributed by atoms with Gasteiger partial charge in [0, 0.05) is 50.0 Å². The van der Waals surface area contributed by atoms with Gasteiger partial charge in [0.25, 0.3) is 0 Å². The molecule has 0 bridgehead atoms. The highest BCUT2D eigenvalue weighted by atomic mass is 127. The Morgan fingerprint density at radius 2 is 2.11 bits per heavy atom. The van der Waals surface area contributed by atoms with Crippen molar-refractivity contribution in [3.63, 3.8) is 0 Å². The smallest absolute Gasteiger partial charge is 0.233 e. The number of nitrogens with one attached hydrogen (secondary N) is 3. The van der Waals surface area contributed by atoms with Crippen LogP contribution in [0.15, 0.2) is 29.3 Å². The summed E-state index contributed by atoms with van der Waals surface area (Å²) < 4.78 is 0.